The number of nitrogens with zero attached hydrogens (tertiary/aromatic N) is 4. The van der Waals surface area contributed by atoms with Gasteiger partial charge in [-0.15, -0.1) is 0 Å². The molecule has 10 heteroatoms. The molecule has 0 radical (unpaired) electrons. The molecule has 2 N–H and O–H groups in total. The molecule has 2 heterocycles. The van der Waals surface area contributed by atoms with Crippen LogP contribution in [0.5, 0.6) is 0 Å². The van der Waals surface area contributed by atoms with E-state index in [0.29, 0.717) is 0 Å². The summed E-state index contributed by atoms with van der Waals surface area (Å²) < 4.78 is 41.0. The van der Waals surface area contributed by atoms with Crippen molar-refractivity contribution >= 4 is 17.3 Å². The summed E-state index contributed by atoms with van der Waals surface area (Å²) in [5.41, 5.74) is -5.65. The average molecular weight is 364 g/mol. The second-order valence-electron chi connectivity index (χ2n) is 5.29. The van der Waals surface area contributed by atoms with Gasteiger partial charge in [0.15, 0.2) is 5.71 Å². The first-order chi connectivity index (χ1) is 12.3. The summed E-state index contributed by atoms with van der Waals surface area (Å²) in [4.78, 5) is 16.2. The molecule has 134 valence electrons. The highest BCUT2D eigenvalue weighted by atomic mass is 19.4. The van der Waals surface area contributed by atoms with Crippen LogP contribution in [0.15, 0.2) is 65.1 Å². The molecule has 1 aliphatic rings. The van der Waals surface area contributed by atoms with Gasteiger partial charge in [0.1, 0.15) is 5.71 Å². The largest absolute Gasteiger partial charge is 0.445 e. The normalized spacial score (nSPS) is 21.8. The fourth-order valence-electron chi connectivity index (χ4n) is 2.46. The summed E-state index contributed by atoms with van der Waals surface area (Å²) in [7, 11) is 0. The van der Waals surface area contributed by atoms with Crippen LogP contribution in [0.2, 0.25) is 0 Å². The number of alkyl halides is 3. The van der Waals surface area contributed by atoms with Crippen molar-refractivity contribution in [2.75, 3.05) is 0 Å². The van der Waals surface area contributed by atoms with Crippen LogP contribution in [0.25, 0.3) is 0 Å². The fourth-order valence-corrected chi connectivity index (χ4v) is 2.46. The summed E-state index contributed by atoms with van der Waals surface area (Å²) in [5.74, 6) is -1.24. The number of benzene rings is 1. The van der Waals surface area contributed by atoms with Gasteiger partial charge in [-0.1, -0.05) is 35.5 Å². The highest BCUT2D eigenvalue weighted by molar-refractivity contribution is 6.52. The van der Waals surface area contributed by atoms with Gasteiger partial charge in [0.25, 0.3) is 5.91 Å². The molecule has 1 aromatic carbocycles. The summed E-state index contributed by atoms with van der Waals surface area (Å²) in [6, 6.07) is 9.81. The van der Waals surface area contributed by atoms with Gasteiger partial charge in [0, 0.05) is 23.5 Å². The molecule has 1 atom stereocenters. The number of halogens is 3. The number of amides is 1. The molecule has 1 unspecified atom stereocenters. The van der Waals surface area contributed by atoms with E-state index in [0.717, 1.165) is 0 Å². The molecule has 0 saturated carbocycles. The molecule has 0 aliphatic carbocycles. The van der Waals surface area contributed by atoms with E-state index in [1.165, 1.54) is 48.8 Å². The van der Waals surface area contributed by atoms with Crippen LogP contribution in [0.3, 0.4) is 0 Å². The molecular formula is C16H11F3N4O3. The highest BCUT2D eigenvalue weighted by Crippen LogP contribution is 2.40. The van der Waals surface area contributed by atoms with Gasteiger partial charge in [-0.3, -0.25) is 9.78 Å². The number of aromatic nitrogens is 1. The van der Waals surface area contributed by atoms with Gasteiger partial charge in [-0.25, -0.2) is 0 Å². The molecular weight excluding hydrogens is 353 g/mol. The summed E-state index contributed by atoms with van der Waals surface area (Å²) in [6.07, 6.45) is -2.96. The van der Waals surface area contributed by atoms with Crippen molar-refractivity contribution in [1.29, 1.82) is 0 Å². The number of pyridine rings is 1. The molecule has 2 aromatic rings. The van der Waals surface area contributed by atoms with Crippen molar-refractivity contribution in [3.63, 3.8) is 0 Å². The second kappa shape index (κ2) is 6.23. The number of rotatable bonds is 2. The maximum atomic E-state index is 13.7. The lowest BCUT2D eigenvalue weighted by molar-refractivity contribution is -0.269. The lowest BCUT2D eigenvalue weighted by Crippen LogP contribution is -2.61. The number of hydrogen-bond donors (Lipinski definition) is 2. The third-order valence-corrected chi connectivity index (χ3v) is 3.72. The lowest BCUT2D eigenvalue weighted by Gasteiger charge is -2.32. The van der Waals surface area contributed by atoms with Crippen molar-refractivity contribution in [3.05, 3.63) is 66.0 Å². The number of hydrogen-bond acceptors (Lipinski definition) is 6. The van der Waals surface area contributed by atoms with E-state index >= 15 is 0 Å². The molecule has 1 amide bonds. The van der Waals surface area contributed by atoms with Crippen LogP contribution in [0.1, 0.15) is 15.9 Å². The van der Waals surface area contributed by atoms with Crippen molar-refractivity contribution in [3.8, 4) is 0 Å². The summed E-state index contributed by atoms with van der Waals surface area (Å²) >= 11 is 0. The lowest BCUT2D eigenvalue weighted by atomic mass is 9.98. The predicted molar refractivity (Wildman–Crippen MR) is 83.6 cm³/mol. The number of carbonyl (C=O) groups is 1. The van der Waals surface area contributed by atoms with Crippen LogP contribution in [0.4, 0.5) is 13.2 Å². The Hall–Kier alpha value is -3.27. The van der Waals surface area contributed by atoms with Crippen molar-refractivity contribution < 1.29 is 28.3 Å². The van der Waals surface area contributed by atoms with Crippen LogP contribution >= 0.6 is 0 Å². The number of hydrazone groups is 1. The van der Waals surface area contributed by atoms with Crippen molar-refractivity contribution in [2.45, 2.75) is 11.9 Å². The Morgan fingerprint density at radius 1 is 1.12 bits per heavy atom. The number of aliphatic hydroxyl groups is 1. The maximum Gasteiger partial charge on any atom is 0.445 e. The Bertz CT molecular complexity index is 885. The third-order valence-electron chi connectivity index (χ3n) is 3.72. The minimum absolute atomic E-state index is 0.132. The Labute approximate surface area is 144 Å². The van der Waals surface area contributed by atoms with E-state index in [2.05, 4.69) is 15.2 Å². The molecule has 0 spiro atoms. The predicted octanol–water partition coefficient (Wildman–Crippen LogP) is 2.02. The first-order valence-electron chi connectivity index (χ1n) is 7.21. The van der Waals surface area contributed by atoms with Gasteiger partial charge < -0.3 is 10.3 Å². The molecule has 26 heavy (non-hydrogen) atoms. The zero-order valence-corrected chi connectivity index (χ0v) is 12.9. The van der Waals surface area contributed by atoms with E-state index in [4.69, 9.17) is 5.21 Å². The van der Waals surface area contributed by atoms with E-state index in [-0.39, 0.29) is 16.1 Å². The fraction of sp³-hybridized carbons (Fsp3) is 0.125. The maximum absolute atomic E-state index is 13.7. The average Bonchev–Trinajstić information content (AvgIpc) is 2.96. The Morgan fingerprint density at radius 2 is 1.73 bits per heavy atom. The van der Waals surface area contributed by atoms with Gasteiger partial charge in [0.05, 0.1) is 0 Å². The van der Waals surface area contributed by atoms with Crippen LogP contribution in [0, 0.1) is 0 Å². The molecule has 7 nitrogen and oxygen atoms in total. The smallest absolute Gasteiger partial charge is 0.410 e. The Balaban J connectivity index is 2.19. The van der Waals surface area contributed by atoms with Gasteiger partial charge in [-0.2, -0.15) is 23.3 Å². The minimum Gasteiger partial charge on any atom is -0.410 e. The third kappa shape index (κ3) is 2.60. The zero-order chi connectivity index (χ0) is 18.9. The Morgan fingerprint density at radius 3 is 2.27 bits per heavy atom. The number of oxime groups is 1. The molecule has 1 aliphatic heterocycles. The van der Waals surface area contributed by atoms with E-state index in [9.17, 15) is 23.1 Å². The van der Waals surface area contributed by atoms with E-state index in [1.807, 2.05) is 0 Å². The zero-order valence-electron chi connectivity index (χ0n) is 12.9. The van der Waals surface area contributed by atoms with E-state index < -0.39 is 29.2 Å². The Kier molecular flexibility index (Phi) is 4.20. The second-order valence-corrected chi connectivity index (χ2v) is 5.29. The topological polar surface area (TPSA) is 98.4 Å². The van der Waals surface area contributed by atoms with Gasteiger partial charge in [0.2, 0.25) is 0 Å². The van der Waals surface area contributed by atoms with Crippen LogP contribution < -0.4 is 0 Å². The standard InChI is InChI=1S/C16H11F3N4O3/c17-16(18,19)15(25)13(22-26)12(10-4-2-1-3-5-10)21-23(15)14(24)11-6-8-20-9-7-11/h1-9,25-26H. The first-order valence-corrected chi connectivity index (χ1v) is 7.21. The van der Waals surface area contributed by atoms with Crippen LogP contribution in [-0.4, -0.2) is 49.5 Å². The van der Waals surface area contributed by atoms with Crippen molar-refractivity contribution in [1.82, 2.24) is 9.99 Å². The highest BCUT2D eigenvalue weighted by Gasteiger charge is 2.68. The molecule has 0 bridgehead atoms. The van der Waals surface area contributed by atoms with Crippen LogP contribution in [-0.2, 0) is 0 Å². The molecule has 1 aromatic heterocycles. The SMILES string of the molecule is O=C(c1ccncc1)N1N=C(c2ccccc2)C(=NO)C1(O)C(F)(F)F. The summed E-state index contributed by atoms with van der Waals surface area (Å²) in [6.45, 7) is 0. The summed E-state index contributed by atoms with van der Waals surface area (Å²) in [5, 5.41) is 25.6. The minimum atomic E-state index is -5.38. The van der Waals surface area contributed by atoms with Crippen molar-refractivity contribution in [2.24, 2.45) is 10.3 Å². The van der Waals surface area contributed by atoms with Gasteiger partial charge in [-0.05, 0) is 12.1 Å². The quantitative estimate of drug-likeness (QED) is 0.629. The van der Waals surface area contributed by atoms with Gasteiger partial charge >= 0.3 is 11.9 Å². The number of carbonyl (C=O) groups excluding carboxylic acids is 1. The molecule has 0 fully saturated rings. The monoisotopic (exact) mass is 364 g/mol. The molecule has 3 rings (SSSR count). The molecule has 0 saturated heterocycles. The van der Waals surface area contributed by atoms with E-state index in [1.54, 1.807) is 6.07 Å². The first kappa shape index (κ1) is 17.5.